The van der Waals surface area contributed by atoms with Crippen molar-refractivity contribution < 1.29 is 4.79 Å². The average Bonchev–Trinajstić information content (AvgIpc) is 2.92. The summed E-state index contributed by atoms with van der Waals surface area (Å²) in [5.74, 6) is -0.00298. The summed E-state index contributed by atoms with van der Waals surface area (Å²) in [6, 6.07) is 18.2. The molecule has 0 aromatic heterocycles. The zero-order valence-corrected chi connectivity index (χ0v) is 14.2. The second-order valence-electron chi connectivity index (χ2n) is 6.44. The SMILES string of the molecule is O=C(NCCc1ccc(N2CCCCCC2)cc1)c1ccccc1. The molecule has 126 valence electrons. The van der Waals surface area contributed by atoms with E-state index in [1.807, 2.05) is 30.3 Å². The number of rotatable bonds is 5. The summed E-state index contributed by atoms with van der Waals surface area (Å²) in [6.07, 6.45) is 6.17. The molecular formula is C21H26N2O. The van der Waals surface area contributed by atoms with Gasteiger partial charge in [0.25, 0.3) is 5.91 Å². The van der Waals surface area contributed by atoms with Crippen molar-refractivity contribution in [2.45, 2.75) is 32.1 Å². The topological polar surface area (TPSA) is 32.3 Å². The van der Waals surface area contributed by atoms with Crippen LogP contribution in [0.5, 0.6) is 0 Å². The van der Waals surface area contributed by atoms with Crippen molar-refractivity contribution >= 4 is 11.6 Å². The van der Waals surface area contributed by atoms with Crippen molar-refractivity contribution in [3.8, 4) is 0 Å². The molecule has 3 nitrogen and oxygen atoms in total. The summed E-state index contributed by atoms with van der Waals surface area (Å²) in [7, 11) is 0. The van der Waals surface area contributed by atoms with Crippen LogP contribution in [0.25, 0.3) is 0 Å². The maximum absolute atomic E-state index is 12.0. The predicted octanol–water partition coefficient (Wildman–Crippen LogP) is 4.04. The first-order chi connectivity index (χ1) is 11.8. The normalized spacial score (nSPS) is 14.9. The molecule has 24 heavy (non-hydrogen) atoms. The van der Waals surface area contributed by atoms with E-state index in [-0.39, 0.29) is 5.91 Å². The molecule has 1 amide bonds. The summed E-state index contributed by atoms with van der Waals surface area (Å²) in [5.41, 5.74) is 3.31. The Hall–Kier alpha value is -2.29. The Labute approximate surface area is 144 Å². The number of hydrogen-bond donors (Lipinski definition) is 1. The van der Waals surface area contributed by atoms with Crippen LogP contribution in [-0.4, -0.2) is 25.5 Å². The molecule has 3 rings (SSSR count). The van der Waals surface area contributed by atoms with Gasteiger partial charge in [-0.2, -0.15) is 0 Å². The van der Waals surface area contributed by atoms with Gasteiger partial charge >= 0.3 is 0 Å². The Morgan fingerprint density at radius 1 is 0.875 bits per heavy atom. The zero-order valence-electron chi connectivity index (χ0n) is 14.2. The number of carbonyl (C=O) groups excluding carboxylic acids is 1. The number of hydrogen-bond acceptors (Lipinski definition) is 2. The van der Waals surface area contributed by atoms with E-state index < -0.39 is 0 Å². The fourth-order valence-electron chi connectivity index (χ4n) is 3.21. The molecule has 3 heteroatoms. The van der Waals surface area contributed by atoms with Crippen LogP contribution in [0.1, 0.15) is 41.6 Å². The van der Waals surface area contributed by atoms with Gasteiger partial charge in [0.2, 0.25) is 0 Å². The Balaban J connectivity index is 1.48. The third-order valence-electron chi connectivity index (χ3n) is 4.64. The highest BCUT2D eigenvalue weighted by molar-refractivity contribution is 5.94. The maximum atomic E-state index is 12.0. The van der Waals surface area contributed by atoms with E-state index in [1.54, 1.807) is 0 Å². The molecular weight excluding hydrogens is 296 g/mol. The van der Waals surface area contributed by atoms with Crippen molar-refractivity contribution in [2.75, 3.05) is 24.5 Å². The minimum atomic E-state index is -0.00298. The molecule has 2 aromatic carbocycles. The third kappa shape index (κ3) is 4.60. The summed E-state index contributed by atoms with van der Waals surface area (Å²) >= 11 is 0. The fourth-order valence-corrected chi connectivity index (χ4v) is 3.21. The van der Waals surface area contributed by atoms with Gasteiger partial charge in [0.15, 0.2) is 0 Å². The van der Waals surface area contributed by atoms with Gasteiger partial charge in [-0.3, -0.25) is 4.79 Å². The highest BCUT2D eigenvalue weighted by Crippen LogP contribution is 2.20. The van der Waals surface area contributed by atoms with Crippen LogP contribution in [-0.2, 0) is 6.42 Å². The average molecular weight is 322 g/mol. The Bertz CT molecular complexity index is 629. The van der Waals surface area contributed by atoms with Gasteiger partial charge in [-0.1, -0.05) is 43.2 Å². The molecule has 0 unspecified atom stereocenters. The van der Waals surface area contributed by atoms with Crippen molar-refractivity contribution in [3.05, 3.63) is 65.7 Å². The summed E-state index contributed by atoms with van der Waals surface area (Å²) in [6.45, 7) is 3.01. The number of nitrogens with zero attached hydrogens (tertiary/aromatic N) is 1. The number of carbonyl (C=O) groups is 1. The lowest BCUT2D eigenvalue weighted by Gasteiger charge is -2.22. The number of nitrogens with one attached hydrogen (secondary N) is 1. The minimum Gasteiger partial charge on any atom is -0.372 e. The zero-order chi connectivity index (χ0) is 16.6. The second-order valence-corrected chi connectivity index (χ2v) is 6.44. The lowest BCUT2D eigenvalue weighted by molar-refractivity contribution is 0.0954. The van der Waals surface area contributed by atoms with E-state index in [9.17, 15) is 4.79 Å². The van der Waals surface area contributed by atoms with Crippen molar-refractivity contribution in [3.63, 3.8) is 0 Å². The van der Waals surface area contributed by atoms with E-state index >= 15 is 0 Å². The number of amides is 1. The van der Waals surface area contributed by atoms with E-state index in [0.717, 1.165) is 6.42 Å². The van der Waals surface area contributed by atoms with E-state index in [0.29, 0.717) is 12.1 Å². The van der Waals surface area contributed by atoms with Gasteiger partial charge < -0.3 is 10.2 Å². The molecule has 0 spiro atoms. The molecule has 2 aromatic rings. The van der Waals surface area contributed by atoms with Crippen LogP contribution in [0.2, 0.25) is 0 Å². The molecule has 1 aliphatic heterocycles. The molecule has 0 radical (unpaired) electrons. The Morgan fingerprint density at radius 2 is 1.54 bits per heavy atom. The molecule has 1 saturated heterocycles. The van der Waals surface area contributed by atoms with Gasteiger partial charge in [-0.25, -0.2) is 0 Å². The van der Waals surface area contributed by atoms with Gasteiger partial charge in [0.1, 0.15) is 0 Å². The maximum Gasteiger partial charge on any atom is 0.251 e. The molecule has 0 saturated carbocycles. The lowest BCUT2D eigenvalue weighted by Crippen LogP contribution is -2.25. The smallest absolute Gasteiger partial charge is 0.251 e. The first-order valence-corrected chi connectivity index (χ1v) is 9.00. The summed E-state index contributed by atoms with van der Waals surface area (Å²) in [5, 5.41) is 2.98. The molecule has 1 N–H and O–H groups in total. The van der Waals surface area contributed by atoms with Gasteiger partial charge in [0, 0.05) is 30.9 Å². The first kappa shape index (κ1) is 16.6. The van der Waals surface area contributed by atoms with Crippen LogP contribution < -0.4 is 10.2 Å². The van der Waals surface area contributed by atoms with Gasteiger partial charge in [-0.15, -0.1) is 0 Å². The Kier molecular flexibility index (Phi) is 5.89. The second kappa shape index (κ2) is 8.53. The van der Waals surface area contributed by atoms with Crippen LogP contribution in [0, 0.1) is 0 Å². The number of benzene rings is 2. The van der Waals surface area contributed by atoms with E-state index in [1.165, 1.54) is 50.0 Å². The molecule has 0 atom stereocenters. The van der Waals surface area contributed by atoms with Crippen LogP contribution >= 0.6 is 0 Å². The summed E-state index contributed by atoms with van der Waals surface area (Å²) < 4.78 is 0. The predicted molar refractivity (Wildman–Crippen MR) is 99.6 cm³/mol. The highest BCUT2D eigenvalue weighted by atomic mass is 16.1. The van der Waals surface area contributed by atoms with Crippen molar-refractivity contribution in [2.24, 2.45) is 0 Å². The molecule has 1 fully saturated rings. The van der Waals surface area contributed by atoms with Crippen molar-refractivity contribution in [1.29, 1.82) is 0 Å². The Morgan fingerprint density at radius 3 is 2.21 bits per heavy atom. The quantitative estimate of drug-likeness (QED) is 0.901. The number of anilines is 1. The van der Waals surface area contributed by atoms with Crippen LogP contribution in [0.15, 0.2) is 54.6 Å². The monoisotopic (exact) mass is 322 g/mol. The molecule has 1 aliphatic rings. The minimum absolute atomic E-state index is 0.00298. The molecule has 0 aliphatic carbocycles. The fraction of sp³-hybridized carbons (Fsp3) is 0.381. The third-order valence-corrected chi connectivity index (χ3v) is 4.64. The summed E-state index contributed by atoms with van der Waals surface area (Å²) in [4.78, 5) is 14.5. The molecule has 0 bridgehead atoms. The largest absolute Gasteiger partial charge is 0.372 e. The van der Waals surface area contributed by atoms with Gasteiger partial charge in [0.05, 0.1) is 0 Å². The van der Waals surface area contributed by atoms with Crippen LogP contribution in [0.3, 0.4) is 0 Å². The first-order valence-electron chi connectivity index (χ1n) is 9.00. The lowest BCUT2D eigenvalue weighted by atomic mass is 10.1. The highest BCUT2D eigenvalue weighted by Gasteiger charge is 2.09. The van der Waals surface area contributed by atoms with Gasteiger partial charge in [-0.05, 0) is 49.1 Å². The van der Waals surface area contributed by atoms with E-state index in [4.69, 9.17) is 0 Å². The molecule has 1 heterocycles. The standard InChI is InChI=1S/C21H26N2O/c24-21(19-8-4-3-5-9-19)22-15-14-18-10-12-20(13-11-18)23-16-6-1-2-7-17-23/h3-5,8-13H,1-2,6-7,14-17H2,(H,22,24). The van der Waals surface area contributed by atoms with Crippen molar-refractivity contribution in [1.82, 2.24) is 5.32 Å². The van der Waals surface area contributed by atoms with E-state index in [2.05, 4.69) is 34.5 Å². The van der Waals surface area contributed by atoms with Crippen LogP contribution in [0.4, 0.5) is 5.69 Å².